The SMILES string of the molecule is COc1cc2c(O)c(-c3ccccc3)n(C(C)=O)c2cc1Br. The highest BCUT2D eigenvalue weighted by Gasteiger charge is 2.22. The lowest BCUT2D eigenvalue weighted by Crippen LogP contribution is -2.07. The molecule has 0 bridgehead atoms. The Hall–Kier alpha value is -2.27. The lowest BCUT2D eigenvalue weighted by Gasteiger charge is -2.07. The van der Waals surface area contributed by atoms with Gasteiger partial charge in [-0.15, -0.1) is 0 Å². The predicted octanol–water partition coefficient (Wildman–Crippen LogP) is 4.45. The van der Waals surface area contributed by atoms with E-state index in [1.807, 2.05) is 30.3 Å². The van der Waals surface area contributed by atoms with Gasteiger partial charge in [0.05, 0.1) is 22.8 Å². The number of carbonyl (C=O) groups is 1. The molecule has 3 rings (SSSR count). The third-order valence-electron chi connectivity index (χ3n) is 3.58. The van der Waals surface area contributed by atoms with Gasteiger partial charge in [-0.2, -0.15) is 0 Å². The molecule has 1 N–H and O–H groups in total. The number of rotatable bonds is 2. The van der Waals surface area contributed by atoms with E-state index in [0.29, 0.717) is 22.3 Å². The largest absolute Gasteiger partial charge is 0.505 e. The number of ether oxygens (including phenoxy) is 1. The molecule has 0 unspecified atom stereocenters. The molecule has 1 heterocycles. The van der Waals surface area contributed by atoms with Gasteiger partial charge in [-0.3, -0.25) is 9.36 Å². The fraction of sp³-hybridized carbons (Fsp3) is 0.118. The van der Waals surface area contributed by atoms with Crippen LogP contribution in [0.15, 0.2) is 46.9 Å². The minimum Gasteiger partial charge on any atom is -0.505 e. The predicted molar refractivity (Wildman–Crippen MR) is 89.6 cm³/mol. The van der Waals surface area contributed by atoms with Crippen LogP contribution in [-0.2, 0) is 0 Å². The number of nitrogens with zero attached hydrogens (tertiary/aromatic N) is 1. The molecule has 2 aromatic carbocycles. The van der Waals surface area contributed by atoms with Crippen molar-refractivity contribution in [2.24, 2.45) is 0 Å². The van der Waals surface area contributed by atoms with Gasteiger partial charge >= 0.3 is 0 Å². The highest BCUT2D eigenvalue weighted by Crippen LogP contribution is 2.42. The number of halogens is 1. The number of methoxy groups -OCH3 is 1. The molecule has 0 atom stereocenters. The topological polar surface area (TPSA) is 51.5 Å². The second kappa shape index (κ2) is 5.50. The maximum atomic E-state index is 12.1. The van der Waals surface area contributed by atoms with Crippen LogP contribution in [0.5, 0.6) is 11.5 Å². The average molecular weight is 360 g/mol. The van der Waals surface area contributed by atoms with Gasteiger partial charge in [0, 0.05) is 17.9 Å². The third-order valence-corrected chi connectivity index (χ3v) is 4.20. The quantitative estimate of drug-likeness (QED) is 0.735. The van der Waals surface area contributed by atoms with Crippen LogP contribution in [0.1, 0.15) is 11.7 Å². The van der Waals surface area contributed by atoms with E-state index in [0.717, 1.165) is 10.0 Å². The Morgan fingerprint density at radius 3 is 2.50 bits per heavy atom. The maximum absolute atomic E-state index is 12.1. The lowest BCUT2D eigenvalue weighted by molar-refractivity contribution is 0.0943. The minimum absolute atomic E-state index is 0.0715. The molecule has 22 heavy (non-hydrogen) atoms. The second-order valence-electron chi connectivity index (χ2n) is 4.92. The van der Waals surface area contributed by atoms with Gasteiger partial charge in [-0.05, 0) is 28.1 Å². The summed E-state index contributed by atoms with van der Waals surface area (Å²) < 4.78 is 7.51. The fourth-order valence-corrected chi connectivity index (χ4v) is 3.11. The first-order valence-corrected chi connectivity index (χ1v) is 7.51. The van der Waals surface area contributed by atoms with Crippen molar-refractivity contribution < 1.29 is 14.6 Å². The zero-order valence-electron chi connectivity index (χ0n) is 12.1. The monoisotopic (exact) mass is 359 g/mol. The zero-order chi connectivity index (χ0) is 15.9. The summed E-state index contributed by atoms with van der Waals surface area (Å²) in [5, 5.41) is 11.2. The summed E-state index contributed by atoms with van der Waals surface area (Å²) in [7, 11) is 1.56. The molecule has 0 saturated carbocycles. The standard InChI is InChI=1S/C17H14BrNO3/c1-10(20)19-14-9-13(18)15(22-2)8-12(14)17(21)16(19)11-6-4-3-5-7-11/h3-9,21H,1-2H3. The Morgan fingerprint density at radius 2 is 1.91 bits per heavy atom. The van der Waals surface area contributed by atoms with Gasteiger partial charge in [0.15, 0.2) is 0 Å². The van der Waals surface area contributed by atoms with Crippen molar-refractivity contribution in [2.45, 2.75) is 6.92 Å². The smallest absolute Gasteiger partial charge is 0.228 e. The molecule has 0 spiro atoms. The highest BCUT2D eigenvalue weighted by molar-refractivity contribution is 9.10. The molecule has 0 aliphatic heterocycles. The molecule has 0 amide bonds. The zero-order valence-corrected chi connectivity index (χ0v) is 13.7. The lowest BCUT2D eigenvalue weighted by atomic mass is 10.1. The minimum atomic E-state index is -0.166. The van der Waals surface area contributed by atoms with Crippen molar-refractivity contribution in [2.75, 3.05) is 7.11 Å². The number of benzene rings is 2. The summed E-state index contributed by atoms with van der Waals surface area (Å²) in [5.41, 5.74) is 1.90. The van der Waals surface area contributed by atoms with Crippen molar-refractivity contribution >= 4 is 32.7 Å². The molecule has 0 fully saturated rings. The van der Waals surface area contributed by atoms with Gasteiger partial charge in [-0.1, -0.05) is 30.3 Å². The molecule has 0 aliphatic carbocycles. The second-order valence-corrected chi connectivity index (χ2v) is 5.78. The van der Waals surface area contributed by atoms with E-state index in [9.17, 15) is 9.90 Å². The van der Waals surface area contributed by atoms with Crippen molar-refractivity contribution in [3.63, 3.8) is 0 Å². The van der Waals surface area contributed by atoms with Gasteiger partial charge in [0.1, 0.15) is 11.5 Å². The van der Waals surface area contributed by atoms with E-state index < -0.39 is 0 Å². The van der Waals surface area contributed by atoms with Gasteiger partial charge in [-0.25, -0.2) is 0 Å². The van der Waals surface area contributed by atoms with E-state index in [4.69, 9.17) is 4.74 Å². The molecule has 3 aromatic rings. The summed E-state index contributed by atoms with van der Waals surface area (Å²) in [5.74, 6) is 0.506. The van der Waals surface area contributed by atoms with E-state index in [1.165, 1.54) is 11.5 Å². The van der Waals surface area contributed by atoms with Crippen LogP contribution in [0.4, 0.5) is 0 Å². The van der Waals surface area contributed by atoms with Gasteiger partial charge in [0.25, 0.3) is 0 Å². The van der Waals surface area contributed by atoms with Crippen LogP contribution in [0.2, 0.25) is 0 Å². The Kier molecular flexibility index (Phi) is 3.66. The molecule has 1 aromatic heterocycles. The summed E-state index contributed by atoms with van der Waals surface area (Å²) >= 11 is 3.42. The Morgan fingerprint density at radius 1 is 1.23 bits per heavy atom. The molecule has 0 aliphatic rings. The first kappa shape index (κ1) is 14.7. The molecular formula is C17H14BrNO3. The van der Waals surface area contributed by atoms with Crippen LogP contribution >= 0.6 is 15.9 Å². The Labute approximate surface area is 136 Å². The van der Waals surface area contributed by atoms with E-state index in [1.54, 1.807) is 19.2 Å². The fourth-order valence-electron chi connectivity index (χ4n) is 2.62. The average Bonchev–Trinajstić information content (AvgIpc) is 2.79. The van der Waals surface area contributed by atoms with E-state index >= 15 is 0 Å². The summed E-state index contributed by atoms with van der Waals surface area (Å²) in [6.07, 6.45) is 0. The van der Waals surface area contributed by atoms with Crippen LogP contribution in [0.25, 0.3) is 22.2 Å². The van der Waals surface area contributed by atoms with Crippen molar-refractivity contribution in [3.05, 3.63) is 46.9 Å². The Balaban J connectivity index is 2.44. The van der Waals surface area contributed by atoms with Crippen LogP contribution in [0, 0.1) is 0 Å². The number of fused-ring (bicyclic) bond motifs is 1. The van der Waals surface area contributed by atoms with Crippen molar-refractivity contribution in [3.8, 4) is 22.8 Å². The normalized spacial score (nSPS) is 10.9. The number of carbonyl (C=O) groups excluding carboxylic acids is 1. The third kappa shape index (κ3) is 2.18. The first-order valence-electron chi connectivity index (χ1n) is 6.72. The highest BCUT2D eigenvalue weighted by atomic mass is 79.9. The van der Waals surface area contributed by atoms with Crippen molar-refractivity contribution in [1.29, 1.82) is 0 Å². The molecular weight excluding hydrogens is 346 g/mol. The summed E-state index contributed by atoms with van der Waals surface area (Å²) in [4.78, 5) is 12.1. The first-order chi connectivity index (χ1) is 10.5. The number of aromatic nitrogens is 1. The molecule has 112 valence electrons. The number of aromatic hydroxyl groups is 1. The molecule has 0 saturated heterocycles. The summed E-state index contributed by atoms with van der Waals surface area (Å²) in [6.45, 7) is 1.48. The Bertz CT molecular complexity index is 869. The molecule has 5 heteroatoms. The molecule has 0 radical (unpaired) electrons. The van der Waals surface area contributed by atoms with E-state index in [-0.39, 0.29) is 11.7 Å². The number of hydrogen-bond donors (Lipinski definition) is 1. The number of hydrogen-bond acceptors (Lipinski definition) is 3. The molecule has 4 nitrogen and oxygen atoms in total. The van der Waals surface area contributed by atoms with Gasteiger partial charge in [0.2, 0.25) is 5.91 Å². The summed E-state index contributed by atoms with van der Waals surface area (Å²) in [6, 6.07) is 12.9. The van der Waals surface area contributed by atoms with Crippen LogP contribution < -0.4 is 4.74 Å². The van der Waals surface area contributed by atoms with Gasteiger partial charge < -0.3 is 9.84 Å². The van der Waals surface area contributed by atoms with Crippen LogP contribution in [-0.4, -0.2) is 22.7 Å². The van der Waals surface area contributed by atoms with Crippen molar-refractivity contribution in [1.82, 2.24) is 4.57 Å². The van der Waals surface area contributed by atoms with E-state index in [2.05, 4.69) is 15.9 Å². The maximum Gasteiger partial charge on any atom is 0.228 e. The van der Waals surface area contributed by atoms with Crippen LogP contribution in [0.3, 0.4) is 0 Å².